The number of esters is 1. The van der Waals surface area contributed by atoms with Crippen LogP contribution in [0.1, 0.15) is 49.4 Å². The summed E-state index contributed by atoms with van der Waals surface area (Å²) in [7, 11) is 0. The zero-order valence-electron chi connectivity index (χ0n) is 16.5. The molecule has 2 aliphatic rings. The number of carbonyl (C=O) groups is 2. The molecule has 0 aromatic carbocycles. The van der Waals surface area contributed by atoms with Crippen molar-refractivity contribution in [2.24, 2.45) is 0 Å². The third-order valence-electron chi connectivity index (χ3n) is 5.19. The quantitative estimate of drug-likeness (QED) is 0.716. The SMILES string of the molecule is CCOC(=O)Cn1c2c(c(=O)n3nc(C(C)(C)C)cc13)CN(C1COC1)C2=O. The molecule has 0 N–H and O–H groups in total. The van der Waals surface area contributed by atoms with Crippen LogP contribution >= 0.6 is 0 Å². The van der Waals surface area contributed by atoms with E-state index in [-0.39, 0.29) is 48.3 Å². The number of nitrogens with zero attached hydrogens (tertiary/aromatic N) is 4. The highest BCUT2D eigenvalue weighted by Gasteiger charge is 2.41. The van der Waals surface area contributed by atoms with E-state index in [9.17, 15) is 14.4 Å². The summed E-state index contributed by atoms with van der Waals surface area (Å²) >= 11 is 0. The highest BCUT2D eigenvalue weighted by molar-refractivity contribution is 5.98. The van der Waals surface area contributed by atoms with Crippen LogP contribution in [0.25, 0.3) is 5.65 Å². The smallest absolute Gasteiger partial charge is 0.326 e. The van der Waals surface area contributed by atoms with Crippen LogP contribution in [0.4, 0.5) is 0 Å². The zero-order chi connectivity index (χ0) is 20.2. The Balaban J connectivity index is 1.92. The fourth-order valence-electron chi connectivity index (χ4n) is 3.55. The second-order valence-electron chi connectivity index (χ2n) is 8.20. The molecule has 1 amide bonds. The number of ether oxygens (including phenoxy) is 2. The normalized spacial score (nSPS) is 17.1. The van der Waals surface area contributed by atoms with Crippen molar-refractivity contribution in [3.63, 3.8) is 0 Å². The molecule has 0 bridgehead atoms. The molecule has 0 aliphatic carbocycles. The van der Waals surface area contributed by atoms with Gasteiger partial charge in [0.25, 0.3) is 11.5 Å². The first-order chi connectivity index (χ1) is 13.2. The topological polar surface area (TPSA) is 95.1 Å². The molecule has 4 heterocycles. The second-order valence-corrected chi connectivity index (χ2v) is 8.20. The lowest BCUT2D eigenvalue weighted by Crippen LogP contribution is -2.49. The summed E-state index contributed by atoms with van der Waals surface area (Å²) in [5.74, 6) is -0.724. The molecule has 1 fully saturated rings. The highest BCUT2D eigenvalue weighted by atomic mass is 16.5. The third kappa shape index (κ3) is 2.81. The minimum atomic E-state index is -0.466. The van der Waals surface area contributed by atoms with E-state index in [1.54, 1.807) is 22.5 Å². The summed E-state index contributed by atoms with van der Waals surface area (Å²) < 4.78 is 13.2. The van der Waals surface area contributed by atoms with E-state index in [1.807, 2.05) is 20.8 Å². The third-order valence-corrected chi connectivity index (χ3v) is 5.19. The standard InChI is InChI=1S/C19H24N4O5/c1-5-28-15(24)8-22-14-6-13(19(2,3)4)20-23(14)17(25)12-7-21(11-9-27-10-11)18(26)16(12)22/h6,11H,5,7-10H2,1-4H3. The lowest BCUT2D eigenvalue weighted by molar-refractivity contribution is -0.143. The molecule has 2 aromatic heterocycles. The van der Waals surface area contributed by atoms with Crippen LogP contribution in [0.3, 0.4) is 0 Å². The summed E-state index contributed by atoms with van der Waals surface area (Å²) in [5.41, 5.74) is 1.13. The Morgan fingerprint density at radius 1 is 1.32 bits per heavy atom. The first kappa shape index (κ1) is 18.7. The molecule has 1 saturated heterocycles. The van der Waals surface area contributed by atoms with E-state index >= 15 is 0 Å². The molecule has 150 valence electrons. The van der Waals surface area contributed by atoms with Crippen LogP contribution in [0, 0.1) is 0 Å². The van der Waals surface area contributed by atoms with Crippen LogP contribution in [-0.2, 0) is 32.8 Å². The number of hydrogen-bond donors (Lipinski definition) is 0. The van der Waals surface area contributed by atoms with E-state index < -0.39 is 5.97 Å². The van der Waals surface area contributed by atoms with Crippen LogP contribution < -0.4 is 5.56 Å². The van der Waals surface area contributed by atoms with E-state index in [4.69, 9.17) is 9.47 Å². The van der Waals surface area contributed by atoms with Crippen LogP contribution in [-0.4, -0.2) is 56.8 Å². The second kappa shape index (κ2) is 6.44. The molecule has 28 heavy (non-hydrogen) atoms. The summed E-state index contributed by atoms with van der Waals surface area (Å²) in [6.07, 6.45) is 0. The molecule has 0 spiro atoms. The molecular weight excluding hydrogens is 364 g/mol. The Kier molecular flexibility index (Phi) is 4.29. The number of carbonyl (C=O) groups excluding carboxylic acids is 2. The van der Waals surface area contributed by atoms with E-state index in [0.29, 0.717) is 30.1 Å². The van der Waals surface area contributed by atoms with Crippen LogP contribution in [0.2, 0.25) is 0 Å². The summed E-state index contributed by atoms with van der Waals surface area (Å²) in [6.45, 7) is 8.89. The monoisotopic (exact) mass is 388 g/mol. The molecule has 9 nitrogen and oxygen atoms in total. The van der Waals surface area contributed by atoms with Crippen molar-refractivity contribution in [2.75, 3.05) is 19.8 Å². The van der Waals surface area contributed by atoms with Crippen molar-refractivity contribution in [1.29, 1.82) is 0 Å². The summed E-state index contributed by atoms with van der Waals surface area (Å²) in [5, 5.41) is 4.48. The Morgan fingerprint density at radius 2 is 2.04 bits per heavy atom. The Labute approximate surface area is 161 Å². The average Bonchev–Trinajstić information content (AvgIpc) is 3.14. The number of hydrogen-bond acceptors (Lipinski definition) is 6. The van der Waals surface area contributed by atoms with Gasteiger partial charge in [0, 0.05) is 11.5 Å². The van der Waals surface area contributed by atoms with Crippen molar-refractivity contribution < 1.29 is 19.1 Å². The van der Waals surface area contributed by atoms with Crippen molar-refractivity contribution in [1.82, 2.24) is 19.1 Å². The highest BCUT2D eigenvalue weighted by Crippen LogP contribution is 2.28. The van der Waals surface area contributed by atoms with Crippen molar-refractivity contribution >= 4 is 17.5 Å². The van der Waals surface area contributed by atoms with Gasteiger partial charge in [0.2, 0.25) is 0 Å². The van der Waals surface area contributed by atoms with Gasteiger partial charge in [-0.05, 0) is 6.92 Å². The number of amides is 1. The van der Waals surface area contributed by atoms with Gasteiger partial charge in [-0.2, -0.15) is 9.61 Å². The minimum absolute atomic E-state index is 0.0483. The van der Waals surface area contributed by atoms with Crippen LogP contribution in [0.15, 0.2) is 10.9 Å². The lowest BCUT2D eigenvalue weighted by atomic mass is 9.93. The Morgan fingerprint density at radius 3 is 2.61 bits per heavy atom. The zero-order valence-corrected chi connectivity index (χ0v) is 16.5. The molecule has 0 radical (unpaired) electrons. The number of fused-ring (bicyclic) bond motifs is 2. The van der Waals surface area contributed by atoms with Gasteiger partial charge in [0.15, 0.2) is 0 Å². The molecule has 2 aromatic rings. The van der Waals surface area contributed by atoms with E-state index in [2.05, 4.69) is 5.10 Å². The van der Waals surface area contributed by atoms with Gasteiger partial charge in [-0.1, -0.05) is 20.8 Å². The molecule has 0 saturated carbocycles. The Bertz CT molecular complexity index is 1030. The van der Waals surface area contributed by atoms with E-state index in [0.717, 1.165) is 0 Å². The molecular formula is C19H24N4O5. The summed E-state index contributed by atoms with van der Waals surface area (Å²) in [6, 6.07) is 1.72. The maximum Gasteiger partial charge on any atom is 0.326 e. The van der Waals surface area contributed by atoms with Crippen molar-refractivity contribution in [3.8, 4) is 0 Å². The van der Waals surface area contributed by atoms with Crippen molar-refractivity contribution in [3.05, 3.63) is 33.4 Å². The maximum absolute atomic E-state index is 13.1. The van der Waals surface area contributed by atoms with Gasteiger partial charge >= 0.3 is 5.97 Å². The molecule has 2 aliphatic heterocycles. The largest absolute Gasteiger partial charge is 0.465 e. The molecule has 0 atom stereocenters. The number of aromatic nitrogens is 3. The molecule has 0 unspecified atom stereocenters. The molecule has 9 heteroatoms. The lowest BCUT2D eigenvalue weighted by Gasteiger charge is -2.34. The Hall–Kier alpha value is -2.68. The van der Waals surface area contributed by atoms with Gasteiger partial charge < -0.3 is 18.9 Å². The maximum atomic E-state index is 13.1. The average molecular weight is 388 g/mol. The fourth-order valence-corrected chi connectivity index (χ4v) is 3.55. The fraction of sp³-hybridized carbons (Fsp3) is 0.579. The first-order valence-corrected chi connectivity index (χ1v) is 9.42. The van der Waals surface area contributed by atoms with Crippen molar-refractivity contribution in [2.45, 2.75) is 52.2 Å². The van der Waals surface area contributed by atoms with Gasteiger partial charge in [0.1, 0.15) is 17.9 Å². The predicted molar refractivity (Wildman–Crippen MR) is 99.3 cm³/mol. The first-order valence-electron chi connectivity index (χ1n) is 9.42. The van der Waals surface area contributed by atoms with Crippen LogP contribution in [0.5, 0.6) is 0 Å². The van der Waals surface area contributed by atoms with Gasteiger partial charge in [-0.15, -0.1) is 0 Å². The van der Waals surface area contributed by atoms with E-state index in [1.165, 1.54) is 4.52 Å². The van der Waals surface area contributed by atoms with Gasteiger partial charge in [0.05, 0.1) is 43.7 Å². The predicted octanol–water partition coefficient (Wildman–Crippen LogP) is 0.711. The summed E-state index contributed by atoms with van der Waals surface area (Å²) in [4.78, 5) is 40.1. The number of rotatable bonds is 4. The van der Waals surface area contributed by atoms with Gasteiger partial charge in [-0.25, -0.2) is 0 Å². The molecule has 4 rings (SSSR count). The minimum Gasteiger partial charge on any atom is -0.465 e. The van der Waals surface area contributed by atoms with Gasteiger partial charge in [-0.3, -0.25) is 14.4 Å².